The highest BCUT2D eigenvalue weighted by Crippen LogP contribution is 2.40. The van der Waals surface area contributed by atoms with Gasteiger partial charge in [0.05, 0.1) is 23.6 Å². The number of hydrogen-bond acceptors (Lipinski definition) is 4. The van der Waals surface area contributed by atoms with E-state index >= 15 is 0 Å². The van der Waals surface area contributed by atoms with Gasteiger partial charge in [0, 0.05) is 30.3 Å². The predicted octanol–water partition coefficient (Wildman–Crippen LogP) is 5.22. The number of carbonyl (C=O) groups excluding carboxylic acids is 2. The first-order valence-corrected chi connectivity index (χ1v) is 11.6. The summed E-state index contributed by atoms with van der Waals surface area (Å²) in [5.41, 5.74) is 2.62. The smallest absolute Gasteiger partial charge is 0.416 e. The van der Waals surface area contributed by atoms with Crippen LogP contribution in [0, 0.1) is 0 Å². The number of amides is 2. The van der Waals surface area contributed by atoms with Crippen LogP contribution in [0.5, 0.6) is 0 Å². The Hall–Kier alpha value is -3.85. The monoisotopic (exact) mass is 496 g/mol. The first kappa shape index (κ1) is 23.9. The van der Waals surface area contributed by atoms with E-state index in [2.05, 4.69) is 5.32 Å². The fourth-order valence-electron chi connectivity index (χ4n) is 4.80. The summed E-state index contributed by atoms with van der Waals surface area (Å²) in [5.74, 6) is -0.978. The van der Waals surface area contributed by atoms with Gasteiger partial charge < -0.3 is 19.7 Å². The lowest BCUT2D eigenvalue weighted by molar-refractivity contribution is -0.137. The SMILES string of the molecule is O=C(/C=C1\CCN(C(=O)c2ccco2)c2cc(C(F)(F)F)ccc21)Nc1cccc2c1CC(O)CC2. The zero-order valence-electron chi connectivity index (χ0n) is 19.1. The first-order chi connectivity index (χ1) is 17.2. The van der Waals surface area contributed by atoms with Crippen molar-refractivity contribution in [2.45, 2.75) is 38.0 Å². The van der Waals surface area contributed by atoms with E-state index in [1.165, 1.54) is 35.4 Å². The topological polar surface area (TPSA) is 82.8 Å². The average Bonchev–Trinajstić information content (AvgIpc) is 3.38. The molecule has 1 atom stereocenters. The summed E-state index contributed by atoms with van der Waals surface area (Å²) in [6, 6.07) is 11.7. The molecule has 0 fully saturated rings. The number of aryl methyl sites for hydroxylation is 1. The van der Waals surface area contributed by atoms with Crippen molar-refractivity contribution < 1.29 is 32.3 Å². The summed E-state index contributed by atoms with van der Waals surface area (Å²) in [6.45, 7) is 0.0832. The molecule has 2 aromatic carbocycles. The highest BCUT2D eigenvalue weighted by molar-refractivity contribution is 6.10. The van der Waals surface area contributed by atoms with Gasteiger partial charge in [0.25, 0.3) is 5.91 Å². The Bertz CT molecular complexity index is 1350. The number of halogens is 3. The molecule has 36 heavy (non-hydrogen) atoms. The number of nitrogens with one attached hydrogen (secondary N) is 1. The van der Waals surface area contributed by atoms with Gasteiger partial charge in [-0.2, -0.15) is 13.2 Å². The lowest BCUT2D eigenvalue weighted by Gasteiger charge is -2.31. The van der Waals surface area contributed by atoms with Gasteiger partial charge in [-0.1, -0.05) is 18.2 Å². The number of anilines is 2. The minimum atomic E-state index is -4.59. The molecule has 1 unspecified atom stereocenters. The minimum absolute atomic E-state index is 0.0135. The second kappa shape index (κ2) is 9.31. The number of rotatable bonds is 3. The van der Waals surface area contributed by atoms with Crippen molar-refractivity contribution >= 4 is 28.8 Å². The number of carbonyl (C=O) groups is 2. The maximum absolute atomic E-state index is 13.5. The Labute approximate surface area is 205 Å². The highest BCUT2D eigenvalue weighted by Gasteiger charge is 2.34. The minimum Gasteiger partial charge on any atom is -0.459 e. The van der Waals surface area contributed by atoms with E-state index < -0.39 is 29.7 Å². The maximum atomic E-state index is 13.5. The molecule has 0 bridgehead atoms. The molecule has 2 aliphatic rings. The third-order valence-electron chi connectivity index (χ3n) is 6.57. The van der Waals surface area contributed by atoms with E-state index in [4.69, 9.17) is 4.42 Å². The van der Waals surface area contributed by atoms with Crippen LogP contribution in [-0.2, 0) is 23.8 Å². The molecule has 9 heteroatoms. The highest BCUT2D eigenvalue weighted by atomic mass is 19.4. The molecule has 0 radical (unpaired) electrons. The van der Waals surface area contributed by atoms with Crippen molar-refractivity contribution in [1.29, 1.82) is 0 Å². The normalized spacial score (nSPS) is 18.5. The summed E-state index contributed by atoms with van der Waals surface area (Å²) >= 11 is 0. The summed E-state index contributed by atoms with van der Waals surface area (Å²) < 4.78 is 45.5. The Balaban J connectivity index is 1.47. The number of furan rings is 1. The van der Waals surface area contributed by atoms with Crippen molar-refractivity contribution in [3.8, 4) is 0 Å². The third kappa shape index (κ3) is 4.66. The molecule has 3 aromatic rings. The number of aliphatic hydroxyl groups excluding tert-OH is 1. The summed E-state index contributed by atoms with van der Waals surface area (Å²) in [6.07, 6.45) is -0.294. The van der Waals surface area contributed by atoms with Gasteiger partial charge in [0.2, 0.25) is 5.91 Å². The fraction of sp³-hybridized carbons (Fsp3) is 0.259. The van der Waals surface area contributed by atoms with Crippen molar-refractivity contribution in [1.82, 2.24) is 0 Å². The zero-order valence-corrected chi connectivity index (χ0v) is 19.1. The van der Waals surface area contributed by atoms with Crippen LogP contribution in [-0.4, -0.2) is 29.6 Å². The molecule has 186 valence electrons. The van der Waals surface area contributed by atoms with Crippen molar-refractivity contribution in [3.05, 3.63) is 88.9 Å². The van der Waals surface area contributed by atoms with E-state index in [1.807, 2.05) is 12.1 Å². The van der Waals surface area contributed by atoms with Crippen LogP contribution in [0.15, 0.2) is 65.3 Å². The quantitative estimate of drug-likeness (QED) is 0.487. The largest absolute Gasteiger partial charge is 0.459 e. The van der Waals surface area contributed by atoms with E-state index in [0.717, 1.165) is 29.7 Å². The van der Waals surface area contributed by atoms with Crippen LogP contribution in [0.25, 0.3) is 5.57 Å². The van der Waals surface area contributed by atoms with Crippen molar-refractivity contribution in [3.63, 3.8) is 0 Å². The van der Waals surface area contributed by atoms with Gasteiger partial charge >= 0.3 is 6.18 Å². The van der Waals surface area contributed by atoms with Gasteiger partial charge in [-0.3, -0.25) is 9.59 Å². The lowest BCUT2D eigenvalue weighted by atomic mass is 9.88. The van der Waals surface area contributed by atoms with Gasteiger partial charge in [0.15, 0.2) is 5.76 Å². The molecular formula is C27H23F3N2O4. The van der Waals surface area contributed by atoms with Gasteiger partial charge in [-0.25, -0.2) is 0 Å². The Kier molecular flexibility index (Phi) is 6.17. The number of benzene rings is 2. The van der Waals surface area contributed by atoms with Crippen LogP contribution < -0.4 is 10.2 Å². The molecule has 1 aromatic heterocycles. The number of alkyl halides is 3. The molecule has 0 spiro atoms. The molecule has 6 nitrogen and oxygen atoms in total. The van der Waals surface area contributed by atoms with Gasteiger partial charge in [-0.05, 0) is 66.3 Å². The maximum Gasteiger partial charge on any atom is 0.416 e. The number of nitrogens with zero attached hydrogens (tertiary/aromatic N) is 1. The first-order valence-electron chi connectivity index (χ1n) is 11.6. The molecule has 0 saturated carbocycles. The van der Waals surface area contributed by atoms with Crippen LogP contribution in [0.3, 0.4) is 0 Å². The van der Waals surface area contributed by atoms with Crippen molar-refractivity contribution in [2.75, 3.05) is 16.8 Å². The molecule has 2 amide bonds. The van der Waals surface area contributed by atoms with Gasteiger partial charge in [-0.15, -0.1) is 0 Å². The van der Waals surface area contributed by atoms with Crippen LogP contribution in [0.4, 0.5) is 24.5 Å². The molecule has 2 heterocycles. The Morgan fingerprint density at radius 2 is 1.94 bits per heavy atom. The number of hydrogen-bond donors (Lipinski definition) is 2. The predicted molar refractivity (Wildman–Crippen MR) is 128 cm³/mol. The average molecular weight is 496 g/mol. The second-order valence-corrected chi connectivity index (χ2v) is 8.91. The summed E-state index contributed by atoms with van der Waals surface area (Å²) in [5, 5.41) is 12.9. The lowest BCUT2D eigenvalue weighted by Crippen LogP contribution is -2.35. The Morgan fingerprint density at radius 3 is 2.69 bits per heavy atom. The fourth-order valence-corrected chi connectivity index (χ4v) is 4.80. The molecular weight excluding hydrogens is 473 g/mol. The Morgan fingerprint density at radius 1 is 1.11 bits per heavy atom. The summed E-state index contributed by atoms with van der Waals surface area (Å²) in [7, 11) is 0. The van der Waals surface area contributed by atoms with E-state index in [1.54, 1.807) is 6.07 Å². The number of aliphatic hydroxyl groups is 1. The molecule has 0 saturated heterocycles. The molecule has 5 rings (SSSR count). The zero-order chi connectivity index (χ0) is 25.4. The van der Waals surface area contributed by atoms with Crippen LogP contribution in [0.2, 0.25) is 0 Å². The standard InChI is InChI=1S/C27H23F3N2O4/c28-27(29,30)18-7-9-20-17(10-11-32(23(20)14-18)26(35)24-5-2-12-36-24)13-25(34)31-22-4-1-3-16-6-8-19(33)15-21(16)22/h1-5,7,9,12-14,19,33H,6,8,10-11,15H2,(H,31,34)/b17-13+. The second-order valence-electron chi connectivity index (χ2n) is 8.91. The van der Waals surface area contributed by atoms with Crippen LogP contribution >= 0.6 is 0 Å². The number of fused-ring (bicyclic) bond motifs is 2. The third-order valence-corrected chi connectivity index (χ3v) is 6.57. The molecule has 1 aliphatic carbocycles. The van der Waals surface area contributed by atoms with Crippen molar-refractivity contribution in [2.24, 2.45) is 0 Å². The van der Waals surface area contributed by atoms with Gasteiger partial charge in [0.1, 0.15) is 0 Å². The van der Waals surface area contributed by atoms with E-state index in [0.29, 0.717) is 29.7 Å². The molecule has 1 aliphatic heterocycles. The van der Waals surface area contributed by atoms with E-state index in [-0.39, 0.29) is 24.4 Å². The summed E-state index contributed by atoms with van der Waals surface area (Å²) in [4.78, 5) is 27.2. The molecule has 2 N–H and O–H groups in total. The van der Waals surface area contributed by atoms with Crippen LogP contribution in [0.1, 0.15) is 45.7 Å². The van der Waals surface area contributed by atoms with E-state index in [9.17, 15) is 27.9 Å².